The van der Waals surface area contributed by atoms with Crippen LogP contribution in [0.1, 0.15) is 22.3 Å². The minimum atomic E-state index is 0.226. The minimum absolute atomic E-state index is 0.226. The summed E-state index contributed by atoms with van der Waals surface area (Å²) in [6.45, 7) is 0. The van der Waals surface area contributed by atoms with Crippen molar-refractivity contribution < 1.29 is 9.90 Å². The average Bonchev–Trinajstić information content (AvgIpc) is 2.71. The molecule has 0 saturated carbocycles. The largest absolute Gasteiger partial charge is 0.507 e. The molecule has 0 fully saturated rings. The standard InChI is InChI=1S/C15H12O2/c16-14-4-2-1-3-12(14)10-5-7-13-11(9-10)6-8-15(13)17/h1-5,7,9,16H,6,8H2. The molecule has 2 heteroatoms. The van der Waals surface area contributed by atoms with Crippen molar-refractivity contribution in [2.75, 3.05) is 0 Å². The molecular weight excluding hydrogens is 212 g/mol. The molecule has 3 rings (SSSR count). The average molecular weight is 224 g/mol. The Balaban J connectivity index is 2.12. The number of carbonyl (C=O) groups excluding carboxylic acids is 1. The molecule has 0 aromatic heterocycles. The Morgan fingerprint density at radius 2 is 1.76 bits per heavy atom. The number of rotatable bonds is 1. The van der Waals surface area contributed by atoms with Crippen molar-refractivity contribution in [1.29, 1.82) is 0 Å². The highest BCUT2D eigenvalue weighted by molar-refractivity contribution is 6.01. The van der Waals surface area contributed by atoms with Gasteiger partial charge in [-0.1, -0.05) is 36.4 Å². The van der Waals surface area contributed by atoms with Crippen molar-refractivity contribution in [2.24, 2.45) is 0 Å². The van der Waals surface area contributed by atoms with Gasteiger partial charge in [-0.25, -0.2) is 0 Å². The van der Waals surface area contributed by atoms with Gasteiger partial charge in [-0.05, 0) is 23.6 Å². The third-order valence-corrected chi connectivity index (χ3v) is 3.24. The van der Waals surface area contributed by atoms with E-state index in [0.29, 0.717) is 6.42 Å². The molecule has 0 spiro atoms. The molecule has 0 heterocycles. The van der Waals surface area contributed by atoms with Gasteiger partial charge in [-0.2, -0.15) is 0 Å². The molecule has 0 unspecified atom stereocenters. The number of aromatic hydroxyl groups is 1. The first-order valence-corrected chi connectivity index (χ1v) is 5.70. The molecule has 0 aliphatic heterocycles. The van der Waals surface area contributed by atoms with E-state index in [4.69, 9.17) is 0 Å². The SMILES string of the molecule is O=C1CCc2cc(-c3ccccc3O)ccc21. The first-order valence-electron chi connectivity index (χ1n) is 5.70. The van der Waals surface area contributed by atoms with Crippen LogP contribution in [0.4, 0.5) is 0 Å². The summed E-state index contributed by atoms with van der Waals surface area (Å²) in [4.78, 5) is 11.5. The molecule has 0 bridgehead atoms. The topological polar surface area (TPSA) is 37.3 Å². The number of Topliss-reactive ketones (excluding diaryl/α,β-unsaturated/α-hetero) is 1. The fraction of sp³-hybridized carbons (Fsp3) is 0.133. The van der Waals surface area contributed by atoms with Crippen LogP contribution >= 0.6 is 0 Å². The number of carbonyl (C=O) groups is 1. The van der Waals surface area contributed by atoms with Gasteiger partial charge < -0.3 is 5.11 Å². The second-order valence-electron chi connectivity index (χ2n) is 4.31. The van der Waals surface area contributed by atoms with E-state index < -0.39 is 0 Å². The lowest BCUT2D eigenvalue weighted by Crippen LogP contribution is -1.90. The molecule has 2 aromatic rings. The Morgan fingerprint density at radius 1 is 0.941 bits per heavy atom. The van der Waals surface area contributed by atoms with Gasteiger partial charge in [0.1, 0.15) is 5.75 Å². The van der Waals surface area contributed by atoms with E-state index in [2.05, 4.69) is 0 Å². The Hall–Kier alpha value is -2.09. The highest BCUT2D eigenvalue weighted by atomic mass is 16.3. The zero-order valence-electron chi connectivity index (χ0n) is 9.31. The van der Waals surface area contributed by atoms with Gasteiger partial charge in [0.05, 0.1) is 0 Å². The van der Waals surface area contributed by atoms with Gasteiger partial charge >= 0.3 is 0 Å². The number of para-hydroxylation sites is 1. The number of phenolic OH excluding ortho intramolecular Hbond substituents is 1. The molecule has 0 atom stereocenters. The molecule has 0 radical (unpaired) electrons. The lowest BCUT2D eigenvalue weighted by Gasteiger charge is -2.06. The number of fused-ring (bicyclic) bond motifs is 1. The van der Waals surface area contributed by atoms with Crippen LogP contribution in [0.3, 0.4) is 0 Å². The summed E-state index contributed by atoms with van der Waals surface area (Å²) in [6.07, 6.45) is 1.43. The maximum absolute atomic E-state index is 11.5. The van der Waals surface area contributed by atoms with E-state index in [-0.39, 0.29) is 11.5 Å². The van der Waals surface area contributed by atoms with Crippen molar-refractivity contribution in [3.05, 3.63) is 53.6 Å². The van der Waals surface area contributed by atoms with Crippen LogP contribution in [0.15, 0.2) is 42.5 Å². The minimum Gasteiger partial charge on any atom is -0.507 e. The van der Waals surface area contributed by atoms with E-state index >= 15 is 0 Å². The Labute approximate surface area is 99.5 Å². The van der Waals surface area contributed by atoms with Crippen LogP contribution in [0, 0.1) is 0 Å². The molecule has 1 aliphatic carbocycles. The molecule has 2 nitrogen and oxygen atoms in total. The molecule has 1 aliphatic rings. The zero-order valence-corrected chi connectivity index (χ0v) is 9.31. The molecule has 1 N–H and O–H groups in total. The predicted octanol–water partition coefficient (Wildman–Crippen LogP) is 3.19. The highest BCUT2D eigenvalue weighted by Gasteiger charge is 2.19. The third-order valence-electron chi connectivity index (χ3n) is 3.24. The van der Waals surface area contributed by atoms with Crippen molar-refractivity contribution in [3.63, 3.8) is 0 Å². The molecule has 17 heavy (non-hydrogen) atoms. The monoisotopic (exact) mass is 224 g/mol. The number of benzene rings is 2. The van der Waals surface area contributed by atoms with E-state index in [1.54, 1.807) is 12.1 Å². The maximum Gasteiger partial charge on any atom is 0.163 e. The third kappa shape index (κ3) is 1.62. The summed E-state index contributed by atoms with van der Waals surface area (Å²) in [5.41, 5.74) is 3.71. The first-order chi connectivity index (χ1) is 8.25. The van der Waals surface area contributed by atoms with Gasteiger partial charge in [0.15, 0.2) is 5.78 Å². The summed E-state index contributed by atoms with van der Waals surface area (Å²) in [6, 6.07) is 13.0. The fourth-order valence-corrected chi connectivity index (χ4v) is 2.34. The second-order valence-corrected chi connectivity index (χ2v) is 4.31. The van der Waals surface area contributed by atoms with Crippen molar-refractivity contribution in [3.8, 4) is 16.9 Å². The quantitative estimate of drug-likeness (QED) is 0.807. The zero-order chi connectivity index (χ0) is 11.8. The van der Waals surface area contributed by atoms with E-state index in [1.165, 1.54) is 0 Å². The predicted molar refractivity (Wildman–Crippen MR) is 66.2 cm³/mol. The summed E-state index contributed by atoms with van der Waals surface area (Å²) >= 11 is 0. The van der Waals surface area contributed by atoms with Gasteiger partial charge in [0.25, 0.3) is 0 Å². The Morgan fingerprint density at radius 3 is 2.59 bits per heavy atom. The molecular formula is C15H12O2. The van der Waals surface area contributed by atoms with Gasteiger partial charge in [0, 0.05) is 17.5 Å². The normalized spacial score (nSPS) is 13.8. The number of ketones is 1. The van der Waals surface area contributed by atoms with Crippen molar-refractivity contribution in [1.82, 2.24) is 0 Å². The molecule has 0 amide bonds. The van der Waals surface area contributed by atoms with Crippen LogP contribution in [0.5, 0.6) is 5.75 Å². The summed E-state index contributed by atoms with van der Waals surface area (Å²) in [5.74, 6) is 0.501. The smallest absolute Gasteiger partial charge is 0.163 e. The number of hydrogen-bond acceptors (Lipinski definition) is 2. The lowest BCUT2D eigenvalue weighted by atomic mass is 10.00. The lowest BCUT2D eigenvalue weighted by molar-refractivity contribution is 0.0994. The second kappa shape index (κ2) is 3.74. The fourth-order valence-electron chi connectivity index (χ4n) is 2.34. The van der Waals surface area contributed by atoms with E-state index in [0.717, 1.165) is 28.7 Å². The van der Waals surface area contributed by atoms with Gasteiger partial charge in [0.2, 0.25) is 0 Å². The van der Waals surface area contributed by atoms with E-state index in [1.807, 2.05) is 30.3 Å². The van der Waals surface area contributed by atoms with Crippen LogP contribution in [0.2, 0.25) is 0 Å². The highest BCUT2D eigenvalue weighted by Crippen LogP contribution is 2.32. The van der Waals surface area contributed by atoms with Gasteiger partial charge in [-0.15, -0.1) is 0 Å². The van der Waals surface area contributed by atoms with Crippen molar-refractivity contribution in [2.45, 2.75) is 12.8 Å². The Kier molecular flexibility index (Phi) is 2.22. The van der Waals surface area contributed by atoms with E-state index in [9.17, 15) is 9.90 Å². The maximum atomic E-state index is 11.5. The van der Waals surface area contributed by atoms with Crippen molar-refractivity contribution >= 4 is 5.78 Å². The molecule has 0 saturated heterocycles. The number of phenols is 1. The van der Waals surface area contributed by atoms with Crippen LogP contribution in [0.25, 0.3) is 11.1 Å². The van der Waals surface area contributed by atoms with Crippen LogP contribution in [-0.2, 0) is 6.42 Å². The van der Waals surface area contributed by atoms with Crippen LogP contribution < -0.4 is 0 Å². The van der Waals surface area contributed by atoms with Crippen LogP contribution in [-0.4, -0.2) is 10.9 Å². The first kappa shape index (κ1) is 10.1. The number of aryl methyl sites for hydroxylation is 1. The molecule has 84 valence electrons. The Bertz CT molecular complexity index is 600. The number of hydrogen-bond donors (Lipinski definition) is 1. The summed E-state index contributed by atoms with van der Waals surface area (Å²) in [7, 11) is 0. The summed E-state index contributed by atoms with van der Waals surface area (Å²) in [5, 5.41) is 9.80. The summed E-state index contributed by atoms with van der Waals surface area (Å²) < 4.78 is 0. The molecule has 2 aromatic carbocycles. The van der Waals surface area contributed by atoms with Gasteiger partial charge in [-0.3, -0.25) is 4.79 Å².